The molecular formula is C21H26N3O4S+. The molecule has 29 heavy (non-hydrogen) atoms. The van der Waals surface area contributed by atoms with Crippen molar-refractivity contribution in [3.63, 3.8) is 0 Å². The minimum atomic E-state index is -0.341. The third-order valence-corrected chi connectivity index (χ3v) is 4.91. The quantitative estimate of drug-likeness (QED) is 0.616. The van der Waals surface area contributed by atoms with Crippen LogP contribution in [0.5, 0.6) is 11.5 Å². The lowest BCUT2D eigenvalue weighted by Crippen LogP contribution is -3.12. The molecular weight excluding hydrogens is 390 g/mol. The van der Waals surface area contributed by atoms with Gasteiger partial charge in [-0.05, 0) is 36.5 Å². The number of nitrogens with one attached hydrogen (secondary N) is 3. The molecule has 0 unspecified atom stereocenters. The molecule has 0 radical (unpaired) electrons. The van der Waals surface area contributed by atoms with Crippen LogP contribution in [0.4, 0.5) is 5.69 Å². The number of hydrogen-bond acceptors (Lipinski definition) is 5. The van der Waals surface area contributed by atoms with Gasteiger partial charge in [-0.3, -0.25) is 10.1 Å². The van der Waals surface area contributed by atoms with E-state index >= 15 is 0 Å². The number of morpholine rings is 1. The summed E-state index contributed by atoms with van der Waals surface area (Å²) in [5, 5.41) is 5.95. The van der Waals surface area contributed by atoms with Crippen LogP contribution in [0.15, 0.2) is 42.5 Å². The van der Waals surface area contributed by atoms with Crippen LogP contribution in [0, 0.1) is 0 Å². The molecule has 3 N–H and O–H groups in total. The van der Waals surface area contributed by atoms with Crippen molar-refractivity contribution < 1.29 is 23.9 Å². The van der Waals surface area contributed by atoms with E-state index in [1.165, 1.54) is 24.7 Å². The number of amides is 1. The zero-order valence-electron chi connectivity index (χ0n) is 16.6. The summed E-state index contributed by atoms with van der Waals surface area (Å²) >= 11 is 5.27. The van der Waals surface area contributed by atoms with Crippen molar-refractivity contribution in [2.45, 2.75) is 6.54 Å². The second-order valence-electron chi connectivity index (χ2n) is 6.75. The lowest BCUT2D eigenvalue weighted by Gasteiger charge is -2.23. The fourth-order valence-electron chi connectivity index (χ4n) is 3.11. The summed E-state index contributed by atoms with van der Waals surface area (Å²) in [6.45, 7) is 4.68. The number of anilines is 1. The largest absolute Gasteiger partial charge is 0.497 e. The van der Waals surface area contributed by atoms with Gasteiger partial charge in [-0.2, -0.15) is 0 Å². The molecule has 2 aromatic carbocycles. The zero-order chi connectivity index (χ0) is 20.6. The molecule has 0 saturated carbocycles. The highest BCUT2D eigenvalue weighted by molar-refractivity contribution is 7.80. The second kappa shape index (κ2) is 10.2. The first-order chi connectivity index (χ1) is 14.1. The molecule has 0 aromatic heterocycles. The summed E-state index contributed by atoms with van der Waals surface area (Å²) in [5.74, 6) is 0.727. The molecule has 1 heterocycles. The summed E-state index contributed by atoms with van der Waals surface area (Å²) in [5.41, 5.74) is 2.47. The first kappa shape index (κ1) is 21.0. The van der Waals surface area contributed by atoms with E-state index in [1.807, 2.05) is 12.1 Å². The number of benzene rings is 2. The molecule has 0 atom stereocenters. The molecule has 3 rings (SSSR count). The summed E-state index contributed by atoms with van der Waals surface area (Å²) in [6.07, 6.45) is 0. The number of quaternary nitrogens is 1. The fourth-order valence-corrected chi connectivity index (χ4v) is 3.32. The van der Waals surface area contributed by atoms with Gasteiger partial charge in [-0.25, -0.2) is 0 Å². The summed E-state index contributed by atoms with van der Waals surface area (Å²) in [7, 11) is 3.07. The zero-order valence-corrected chi connectivity index (χ0v) is 17.4. The van der Waals surface area contributed by atoms with Gasteiger partial charge >= 0.3 is 0 Å². The van der Waals surface area contributed by atoms with Crippen LogP contribution in [0.25, 0.3) is 0 Å². The van der Waals surface area contributed by atoms with Gasteiger partial charge in [-0.15, -0.1) is 0 Å². The molecule has 1 aliphatic heterocycles. The van der Waals surface area contributed by atoms with E-state index in [4.69, 9.17) is 26.4 Å². The Morgan fingerprint density at radius 2 is 1.69 bits per heavy atom. The number of carbonyl (C=O) groups is 1. The Morgan fingerprint density at radius 1 is 1.07 bits per heavy atom. The molecule has 0 spiro atoms. The monoisotopic (exact) mass is 416 g/mol. The molecule has 1 aliphatic rings. The van der Waals surface area contributed by atoms with Gasteiger partial charge in [0, 0.05) is 22.9 Å². The third-order valence-electron chi connectivity index (χ3n) is 4.71. The molecule has 154 valence electrons. The maximum atomic E-state index is 12.5. The molecule has 1 fully saturated rings. The van der Waals surface area contributed by atoms with Crippen molar-refractivity contribution in [3.05, 3.63) is 53.6 Å². The summed E-state index contributed by atoms with van der Waals surface area (Å²) < 4.78 is 15.8. The van der Waals surface area contributed by atoms with Gasteiger partial charge in [0.15, 0.2) is 5.11 Å². The van der Waals surface area contributed by atoms with Crippen molar-refractivity contribution in [3.8, 4) is 11.5 Å². The average molecular weight is 417 g/mol. The van der Waals surface area contributed by atoms with E-state index in [1.54, 1.807) is 18.2 Å². The maximum Gasteiger partial charge on any atom is 0.257 e. The number of carbonyl (C=O) groups excluding carboxylic acids is 1. The van der Waals surface area contributed by atoms with Crippen LogP contribution >= 0.6 is 12.2 Å². The predicted molar refractivity (Wildman–Crippen MR) is 115 cm³/mol. The first-order valence-corrected chi connectivity index (χ1v) is 9.84. The first-order valence-electron chi connectivity index (χ1n) is 9.43. The van der Waals surface area contributed by atoms with Gasteiger partial charge in [0.2, 0.25) is 0 Å². The maximum absolute atomic E-state index is 12.5. The van der Waals surface area contributed by atoms with Crippen LogP contribution in [0.3, 0.4) is 0 Å². The van der Waals surface area contributed by atoms with Gasteiger partial charge in [0.25, 0.3) is 5.91 Å². The standard InChI is InChI=1S/C21H25N3O4S/c1-26-18-11-16(12-19(13-18)27-2)20(25)23-21(29)22-17-5-3-15(4-6-17)14-24-7-9-28-10-8-24/h3-6,11-13H,7-10,14H2,1-2H3,(H2,22,23,25,29)/p+1. The van der Waals surface area contributed by atoms with Crippen LogP contribution in [-0.4, -0.2) is 51.5 Å². The third kappa shape index (κ3) is 6.15. The van der Waals surface area contributed by atoms with Crippen molar-refractivity contribution >= 4 is 28.9 Å². The molecule has 7 nitrogen and oxygen atoms in total. The summed E-state index contributed by atoms with van der Waals surface area (Å²) in [6, 6.07) is 13.0. The number of ether oxygens (including phenoxy) is 3. The number of rotatable bonds is 6. The number of thiocarbonyl (C=S) groups is 1. The van der Waals surface area contributed by atoms with E-state index < -0.39 is 0 Å². The Labute approximate surface area is 175 Å². The smallest absolute Gasteiger partial charge is 0.257 e. The Balaban J connectivity index is 1.55. The van der Waals surface area contributed by atoms with Crippen LogP contribution in [-0.2, 0) is 11.3 Å². The van der Waals surface area contributed by atoms with E-state index in [2.05, 4.69) is 22.8 Å². The van der Waals surface area contributed by atoms with Crippen LogP contribution in [0.2, 0.25) is 0 Å². The van der Waals surface area contributed by atoms with Crippen LogP contribution in [0.1, 0.15) is 15.9 Å². The lowest BCUT2D eigenvalue weighted by molar-refractivity contribution is -0.921. The van der Waals surface area contributed by atoms with E-state index in [0.29, 0.717) is 17.1 Å². The Bertz CT molecular complexity index is 829. The topological polar surface area (TPSA) is 73.3 Å². The highest BCUT2D eigenvalue weighted by Gasteiger charge is 2.14. The van der Waals surface area contributed by atoms with E-state index in [-0.39, 0.29) is 11.0 Å². The minimum Gasteiger partial charge on any atom is -0.497 e. The highest BCUT2D eigenvalue weighted by atomic mass is 32.1. The van der Waals surface area contributed by atoms with Crippen molar-refractivity contribution in [2.24, 2.45) is 0 Å². The normalized spacial score (nSPS) is 14.1. The van der Waals surface area contributed by atoms with Gasteiger partial charge in [-0.1, -0.05) is 12.1 Å². The Kier molecular flexibility index (Phi) is 7.40. The van der Waals surface area contributed by atoms with Gasteiger partial charge in [0.1, 0.15) is 31.1 Å². The van der Waals surface area contributed by atoms with Gasteiger partial charge in [0.05, 0.1) is 27.4 Å². The number of hydrogen-bond donors (Lipinski definition) is 3. The molecule has 0 aliphatic carbocycles. The minimum absolute atomic E-state index is 0.225. The molecule has 1 saturated heterocycles. The lowest BCUT2D eigenvalue weighted by atomic mass is 10.2. The Hall–Kier alpha value is -2.68. The molecule has 0 bridgehead atoms. The predicted octanol–water partition coefficient (Wildman–Crippen LogP) is 1.25. The van der Waals surface area contributed by atoms with Gasteiger partial charge < -0.3 is 24.4 Å². The highest BCUT2D eigenvalue weighted by Crippen LogP contribution is 2.22. The second-order valence-corrected chi connectivity index (χ2v) is 7.15. The van der Waals surface area contributed by atoms with Crippen molar-refractivity contribution in [2.75, 3.05) is 45.8 Å². The Morgan fingerprint density at radius 3 is 2.28 bits per heavy atom. The van der Waals surface area contributed by atoms with Crippen molar-refractivity contribution in [1.82, 2.24) is 5.32 Å². The molecule has 1 amide bonds. The summed E-state index contributed by atoms with van der Waals surface area (Å²) in [4.78, 5) is 14.0. The average Bonchev–Trinajstić information content (AvgIpc) is 2.75. The molecule has 2 aromatic rings. The number of methoxy groups -OCH3 is 2. The molecule has 8 heteroatoms. The van der Waals surface area contributed by atoms with E-state index in [9.17, 15) is 4.79 Å². The van der Waals surface area contributed by atoms with Crippen molar-refractivity contribution in [1.29, 1.82) is 0 Å². The fraction of sp³-hybridized carbons (Fsp3) is 0.333. The SMILES string of the molecule is COc1cc(OC)cc(C(=O)NC(=S)Nc2ccc(C[NH+]3CCOCC3)cc2)c1. The van der Waals surface area contributed by atoms with E-state index in [0.717, 1.165) is 38.5 Å². The van der Waals surface area contributed by atoms with Crippen LogP contribution < -0.4 is 25.0 Å².